The van der Waals surface area contributed by atoms with E-state index in [2.05, 4.69) is 15.4 Å². The van der Waals surface area contributed by atoms with E-state index in [4.69, 9.17) is 83.9 Å². The molecule has 0 aliphatic rings. The minimum Gasteiger partial charge on any atom is -0.870 e. The zero-order chi connectivity index (χ0) is 67.1. The number of alkyl halides is 3. The van der Waals surface area contributed by atoms with Crippen LogP contribution in [0.15, 0.2) is 72.8 Å². The number of nitrogens with two attached hydrogens (primary N) is 4. The molecule has 484 valence electrons. The Labute approximate surface area is 522 Å². The number of aromatic hydroxyl groups is 5. The number of rotatable bonds is 9. The summed E-state index contributed by atoms with van der Waals surface area (Å²) in [6, 6.07) is 13.0. The predicted molar refractivity (Wildman–Crippen MR) is 294 cm³/mol. The Kier molecular flexibility index (Phi) is 44.2. The molecule has 0 spiro atoms. The number of nitro benzene ring substituents is 2. The van der Waals surface area contributed by atoms with Gasteiger partial charge in [-0.1, -0.05) is 7.43 Å². The van der Waals surface area contributed by atoms with E-state index in [1.54, 1.807) is 0 Å². The van der Waals surface area contributed by atoms with Crippen LogP contribution in [0.1, 0.15) is 86.9 Å². The number of hydrogen-bond acceptors (Lipinski definition) is 27. The van der Waals surface area contributed by atoms with Gasteiger partial charge in [0, 0.05) is 81.5 Å². The average Bonchev–Trinajstić information content (AvgIpc) is 3.35. The van der Waals surface area contributed by atoms with Gasteiger partial charge < -0.3 is 100 Å². The van der Waals surface area contributed by atoms with Crippen LogP contribution in [0.5, 0.6) is 28.7 Å². The zero-order valence-electron chi connectivity index (χ0n) is 45.0. The number of hydrogen-bond donors (Lipinski definition) is 17. The van der Waals surface area contributed by atoms with Gasteiger partial charge in [0.25, 0.3) is 16.5 Å². The van der Waals surface area contributed by atoms with E-state index < -0.39 is 109 Å². The number of ether oxygens (including phenoxy) is 1. The van der Waals surface area contributed by atoms with Crippen LogP contribution in [0.3, 0.4) is 0 Å². The van der Waals surface area contributed by atoms with Crippen molar-refractivity contribution >= 4 is 118 Å². The fourth-order valence-corrected chi connectivity index (χ4v) is 4.83. The summed E-state index contributed by atoms with van der Waals surface area (Å²) in [6.45, 7) is 4.82. The molecule has 0 aliphatic carbocycles. The van der Waals surface area contributed by atoms with Gasteiger partial charge in [-0.25, -0.2) is 24.0 Å². The molecule has 2 amide bonds. The Bertz CT molecular complexity index is 3310. The number of nitrogen functional groups attached to an aromatic ring is 4. The van der Waals surface area contributed by atoms with E-state index in [1.807, 2.05) is 0 Å². The summed E-state index contributed by atoms with van der Waals surface area (Å²) in [5.74, 6) is -10.9. The number of nitrogens with zero attached hydrogens (tertiary/aromatic N) is 3. The largest absolute Gasteiger partial charge is 1.00 e. The summed E-state index contributed by atoms with van der Waals surface area (Å²) < 4.78 is 35.2. The molecule has 0 heterocycles. The number of esters is 2. The van der Waals surface area contributed by atoms with Crippen molar-refractivity contribution in [3.63, 3.8) is 0 Å². The fraction of sp³-hybridized carbons (Fsp3) is 0.130. The van der Waals surface area contributed by atoms with Gasteiger partial charge in [-0.2, -0.15) is 13.2 Å². The molecule has 0 saturated heterocycles. The zero-order valence-corrected chi connectivity index (χ0v) is 47.8. The van der Waals surface area contributed by atoms with Gasteiger partial charge in [-0.15, -0.1) is 22.5 Å². The standard InChI is InChI=1S/C9H8N2O6.C9H9NO4.C7H6N2O5.C7H8N2O3.C7H7NO3.C4H6O3.C2HF3O.CH4.ClH.HNO3.Na.H2O/c1-4(12)10-6-3-8(13)5(9(14)15)2-7(6)11(16)17;1-5(11)10-6-2-3-7(9(13)14)8(12)4-6;8-4-2-6(10)3(7(11)12)1-5(4)9(13)14;8-4-1-3(7(11)12)6(10)2-5(4)9;8-4-1-2-5(7(10)11)6(9)3-4;1-3(5)7-4(2)6;3-2(4,5)1-6;;;2-1(3)4;;/h2-3,13H,1H3,(H,10,12)(H,14,15);2-4,12H,1H3,(H,10,11)(H,13,14);1-2,10H,8H2,(H,11,12);1-2,10H,8-9H2,(H,11,12);1-3,9H,8H2,(H,10,11);1-2H3;1H;1H4;1H;(H,2,3,4);;1H2/q;;;;;;;;;;+1;/p-1. The van der Waals surface area contributed by atoms with Gasteiger partial charge in [0.2, 0.25) is 18.1 Å². The number of nitro groups is 2. The maximum Gasteiger partial charge on any atom is 1.00 e. The molecular weight excluding hydrogens is 1260 g/mol. The van der Waals surface area contributed by atoms with Crippen LogP contribution in [0.4, 0.5) is 58.7 Å². The first-order chi connectivity index (χ1) is 38.8. The van der Waals surface area contributed by atoms with Crippen molar-refractivity contribution in [2.24, 2.45) is 0 Å². The number of aldehydes is 1. The number of phenols is 5. The molecule has 5 aromatic rings. The van der Waals surface area contributed by atoms with E-state index in [0.29, 0.717) is 23.5 Å². The quantitative estimate of drug-likeness (QED) is 0.0146. The molecule has 5 rings (SSSR count). The molecule has 0 aromatic heterocycles. The van der Waals surface area contributed by atoms with Crippen LogP contribution in [0, 0.1) is 30.3 Å². The number of benzene rings is 5. The van der Waals surface area contributed by atoms with Gasteiger partial charge in [0.05, 0.1) is 21.2 Å². The average molecular weight is 1310 g/mol. The van der Waals surface area contributed by atoms with Crippen molar-refractivity contribution in [1.29, 1.82) is 0 Å². The maximum atomic E-state index is 10.8. The molecule has 0 aliphatic heterocycles. The maximum absolute atomic E-state index is 10.8. The van der Waals surface area contributed by atoms with E-state index in [9.17, 15) is 86.8 Å². The second kappa shape index (κ2) is 43.1. The number of aromatic carboxylic acids is 5. The van der Waals surface area contributed by atoms with Crippen LogP contribution in [-0.2, 0) is 28.7 Å². The number of halogens is 4. The third kappa shape index (κ3) is 38.1. The minimum atomic E-state index is -4.64. The van der Waals surface area contributed by atoms with Crippen LogP contribution in [-0.4, -0.2) is 143 Å². The molecule has 38 nitrogen and oxygen atoms in total. The monoisotopic (exact) mass is 1310 g/mol. The van der Waals surface area contributed by atoms with Crippen molar-refractivity contribution in [2.75, 3.05) is 33.6 Å². The molecule has 22 N–H and O–H groups in total. The number of carbonyl (C=O) groups is 10. The van der Waals surface area contributed by atoms with Gasteiger partial charge in [-0.3, -0.25) is 44.2 Å². The Morgan fingerprint density at radius 3 is 1.12 bits per heavy atom. The van der Waals surface area contributed by atoms with Gasteiger partial charge in [-0.05, 0) is 30.3 Å². The second-order valence-electron chi connectivity index (χ2n) is 14.7. The molecule has 0 fully saturated rings. The van der Waals surface area contributed by atoms with Crippen molar-refractivity contribution in [3.05, 3.63) is 131 Å². The van der Waals surface area contributed by atoms with E-state index in [1.165, 1.54) is 57.2 Å². The molecule has 0 unspecified atom stereocenters. The van der Waals surface area contributed by atoms with Gasteiger partial charge >= 0.3 is 77.5 Å². The second-order valence-corrected chi connectivity index (χ2v) is 14.7. The molecule has 0 atom stereocenters. The minimum absolute atomic E-state index is 0. The van der Waals surface area contributed by atoms with Crippen molar-refractivity contribution < 1.29 is 172 Å². The fourth-order valence-electron chi connectivity index (χ4n) is 4.83. The Morgan fingerprint density at radius 1 is 0.517 bits per heavy atom. The summed E-state index contributed by atoms with van der Waals surface area (Å²) in [4.78, 5) is 130. The Hall–Kier alpha value is -11.6. The van der Waals surface area contributed by atoms with E-state index in [-0.39, 0.29) is 117 Å². The van der Waals surface area contributed by atoms with Gasteiger partial charge in [0.1, 0.15) is 67.9 Å². The van der Waals surface area contributed by atoms with Gasteiger partial charge in [0.15, 0.2) is 0 Å². The number of carbonyl (C=O) groups excluding carboxylic acids is 5. The first kappa shape index (κ1) is 91.2. The SMILES string of the molecule is C.CC(=O)Nc1cc(O)c(C(=O)O)cc1[N+](=O)[O-].CC(=O)Nc1ccc(C(=O)O)c(O)c1.CC(=O)OC(C)=O.Cl.Nc1cc(O)c(C(=O)O)cc1N.Nc1cc(O)c(C(=O)O)cc1[N+](=O)[O-].Nc1ccc(C(=O)O)c(O)c1.O=CC(F)(F)F.O=[N+]([O-])O.[Na+].[OH-]. The molecule has 0 radical (unpaired) electrons. The normalized spacial score (nSPS) is 8.98. The van der Waals surface area contributed by atoms with Crippen LogP contribution < -0.4 is 63.1 Å². The summed E-state index contributed by atoms with van der Waals surface area (Å²) in [5.41, 5.74) is 18.7. The van der Waals surface area contributed by atoms with Crippen molar-refractivity contribution in [2.45, 2.75) is 41.3 Å². The molecule has 5 aromatic carbocycles. The topological polar surface area (TPSA) is 690 Å². The smallest absolute Gasteiger partial charge is 0.870 e. The first-order valence-corrected chi connectivity index (χ1v) is 21.2. The molecule has 0 bridgehead atoms. The summed E-state index contributed by atoms with van der Waals surface area (Å²) in [7, 11) is 0. The predicted octanol–water partition coefficient (Wildman–Crippen LogP) is 1.90. The van der Waals surface area contributed by atoms with Crippen molar-refractivity contribution in [3.8, 4) is 28.7 Å². The van der Waals surface area contributed by atoms with Crippen LogP contribution in [0.25, 0.3) is 0 Å². The Balaban J connectivity index is -0.000000176. The molecule has 0 saturated carbocycles. The first-order valence-electron chi connectivity index (χ1n) is 21.2. The molecular formula is C46H52ClF3N9NaO29. The molecule has 43 heteroatoms. The van der Waals surface area contributed by atoms with Crippen molar-refractivity contribution in [1.82, 2.24) is 0 Å². The Morgan fingerprint density at radius 2 is 0.820 bits per heavy atom. The van der Waals surface area contributed by atoms with Crippen LogP contribution >= 0.6 is 12.4 Å². The van der Waals surface area contributed by atoms with E-state index in [0.717, 1.165) is 31.2 Å². The van der Waals surface area contributed by atoms with E-state index >= 15 is 0 Å². The number of anilines is 6. The summed E-state index contributed by atoms with van der Waals surface area (Å²) >= 11 is 0. The summed E-state index contributed by atoms with van der Waals surface area (Å²) in [5, 5.41) is 128. The number of carboxylic acid groups (broad SMARTS) is 5. The third-order valence-corrected chi connectivity index (χ3v) is 8.08. The third-order valence-electron chi connectivity index (χ3n) is 8.08. The van der Waals surface area contributed by atoms with Crippen LogP contribution in [0.2, 0.25) is 0 Å². The summed E-state index contributed by atoms with van der Waals surface area (Å²) in [6.07, 6.45) is -5.70. The number of nitrogens with one attached hydrogen (secondary N) is 2. The number of carboxylic acids is 5. The number of amides is 2. The molecule has 89 heavy (non-hydrogen) atoms.